The van der Waals surface area contributed by atoms with Crippen molar-refractivity contribution in [3.8, 4) is 5.75 Å². The highest BCUT2D eigenvalue weighted by Gasteiger charge is 2.03. The van der Waals surface area contributed by atoms with Crippen LogP contribution < -0.4 is 15.8 Å². The van der Waals surface area contributed by atoms with E-state index in [2.05, 4.69) is 11.9 Å². The normalized spacial score (nSPS) is 10.3. The van der Waals surface area contributed by atoms with Crippen molar-refractivity contribution in [2.24, 2.45) is 5.73 Å². The van der Waals surface area contributed by atoms with Gasteiger partial charge in [0.15, 0.2) is 0 Å². The van der Waals surface area contributed by atoms with Crippen LogP contribution in [0, 0.1) is 0 Å². The fourth-order valence-electron chi connectivity index (χ4n) is 1.61. The highest BCUT2D eigenvalue weighted by molar-refractivity contribution is 6.30. The van der Waals surface area contributed by atoms with Gasteiger partial charge in [0.05, 0.1) is 6.61 Å². The minimum Gasteiger partial charge on any atom is -0.493 e. The average Bonchev–Trinajstić information content (AvgIpc) is 2.36. The second-order valence-electron chi connectivity index (χ2n) is 3.99. The summed E-state index contributed by atoms with van der Waals surface area (Å²) in [6.45, 7) is 6.86. The topological polar surface area (TPSA) is 47.3 Å². The van der Waals surface area contributed by atoms with Crippen molar-refractivity contribution >= 4 is 11.6 Å². The maximum Gasteiger partial charge on any atom is 0.122 e. The number of allylic oxidation sites excluding steroid dienone is 1. The van der Waals surface area contributed by atoms with E-state index in [9.17, 15) is 0 Å². The molecule has 1 rings (SSSR count). The molecule has 100 valence electrons. The Bertz CT molecular complexity index is 369. The molecule has 0 saturated carbocycles. The first-order chi connectivity index (χ1) is 8.77. The summed E-state index contributed by atoms with van der Waals surface area (Å²) in [6, 6.07) is 5.68. The lowest BCUT2D eigenvalue weighted by atomic mass is 10.1. The van der Waals surface area contributed by atoms with Gasteiger partial charge in [-0.05, 0) is 43.1 Å². The maximum absolute atomic E-state index is 5.96. The van der Waals surface area contributed by atoms with Gasteiger partial charge < -0.3 is 15.8 Å². The minimum atomic E-state index is 0.668. The fourth-order valence-corrected chi connectivity index (χ4v) is 1.80. The smallest absolute Gasteiger partial charge is 0.122 e. The van der Waals surface area contributed by atoms with Crippen molar-refractivity contribution in [3.05, 3.63) is 41.4 Å². The number of halogens is 1. The zero-order chi connectivity index (χ0) is 13.2. The Hall–Kier alpha value is -1.03. The van der Waals surface area contributed by atoms with Crippen LogP contribution in [-0.4, -0.2) is 26.2 Å². The number of nitrogens with two attached hydrogens (primary N) is 1. The van der Waals surface area contributed by atoms with Crippen LogP contribution in [0.2, 0.25) is 5.02 Å². The van der Waals surface area contributed by atoms with Crippen LogP contribution in [0.4, 0.5) is 0 Å². The molecule has 3 nitrogen and oxygen atoms in total. The highest BCUT2D eigenvalue weighted by atomic mass is 35.5. The standard InChI is InChI=1S/C14H21ClN2O/c1-2-4-12-11-13(15)5-6-14(12)18-10-3-8-17-9-7-16/h2,5-6,11,17H,1,3-4,7-10,16H2. The SMILES string of the molecule is C=CCc1cc(Cl)ccc1OCCCNCCN. The van der Waals surface area contributed by atoms with E-state index in [1.807, 2.05) is 24.3 Å². The second-order valence-corrected chi connectivity index (χ2v) is 4.42. The Morgan fingerprint density at radius 1 is 1.39 bits per heavy atom. The first-order valence-electron chi connectivity index (χ1n) is 6.21. The van der Waals surface area contributed by atoms with Crippen LogP contribution in [0.25, 0.3) is 0 Å². The van der Waals surface area contributed by atoms with Gasteiger partial charge in [-0.25, -0.2) is 0 Å². The minimum absolute atomic E-state index is 0.668. The van der Waals surface area contributed by atoms with Crippen LogP contribution in [0.5, 0.6) is 5.75 Å². The summed E-state index contributed by atoms with van der Waals surface area (Å²) in [7, 11) is 0. The second kappa shape index (κ2) is 8.97. The molecule has 0 fully saturated rings. The number of hydrogen-bond acceptors (Lipinski definition) is 3. The Kier molecular flexibility index (Phi) is 7.49. The molecule has 0 spiro atoms. The summed E-state index contributed by atoms with van der Waals surface area (Å²) in [5.41, 5.74) is 6.46. The van der Waals surface area contributed by atoms with Gasteiger partial charge in [-0.2, -0.15) is 0 Å². The number of rotatable bonds is 9. The number of ether oxygens (including phenoxy) is 1. The van der Waals surface area contributed by atoms with E-state index in [0.29, 0.717) is 13.2 Å². The Morgan fingerprint density at radius 2 is 2.22 bits per heavy atom. The molecule has 0 aliphatic heterocycles. The monoisotopic (exact) mass is 268 g/mol. The first-order valence-corrected chi connectivity index (χ1v) is 6.58. The van der Waals surface area contributed by atoms with Gasteiger partial charge in [0.1, 0.15) is 5.75 Å². The Morgan fingerprint density at radius 3 is 2.94 bits per heavy atom. The van der Waals surface area contributed by atoms with Gasteiger partial charge in [-0.1, -0.05) is 17.7 Å². The number of hydrogen-bond donors (Lipinski definition) is 2. The number of nitrogens with one attached hydrogen (secondary N) is 1. The lowest BCUT2D eigenvalue weighted by Gasteiger charge is -2.11. The van der Waals surface area contributed by atoms with Crippen molar-refractivity contribution in [3.63, 3.8) is 0 Å². The van der Waals surface area contributed by atoms with Crippen molar-refractivity contribution in [2.45, 2.75) is 12.8 Å². The lowest BCUT2D eigenvalue weighted by Crippen LogP contribution is -2.24. The third-order valence-corrected chi connectivity index (χ3v) is 2.70. The molecule has 0 aliphatic carbocycles. The summed E-state index contributed by atoms with van der Waals surface area (Å²) in [5, 5.41) is 3.95. The van der Waals surface area contributed by atoms with Crippen LogP contribution in [-0.2, 0) is 6.42 Å². The van der Waals surface area contributed by atoms with Gasteiger partial charge >= 0.3 is 0 Å². The molecule has 0 saturated heterocycles. The summed E-state index contributed by atoms with van der Waals surface area (Å²) in [6.07, 6.45) is 3.57. The summed E-state index contributed by atoms with van der Waals surface area (Å²) in [5.74, 6) is 0.887. The lowest BCUT2D eigenvalue weighted by molar-refractivity contribution is 0.306. The largest absolute Gasteiger partial charge is 0.493 e. The molecule has 1 aromatic rings. The summed E-state index contributed by atoms with van der Waals surface area (Å²) < 4.78 is 5.75. The van der Waals surface area contributed by atoms with E-state index < -0.39 is 0 Å². The third kappa shape index (κ3) is 5.54. The van der Waals surface area contributed by atoms with Crippen LogP contribution in [0.1, 0.15) is 12.0 Å². The molecule has 0 aliphatic rings. The molecule has 0 bridgehead atoms. The molecule has 3 N–H and O–H groups in total. The van der Waals surface area contributed by atoms with Crippen molar-refractivity contribution in [1.82, 2.24) is 5.32 Å². The van der Waals surface area contributed by atoms with Crippen LogP contribution in [0.15, 0.2) is 30.9 Å². The maximum atomic E-state index is 5.96. The van der Waals surface area contributed by atoms with Gasteiger partial charge in [0, 0.05) is 18.1 Å². The van der Waals surface area contributed by atoms with Gasteiger partial charge in [0.25, 0.3) is 0 Å². The molecule has 0 radical (unpaired) electrons. The van der Waals surface area contributed by atoms with E-state index in [1.54, 1.807) is 0 Å². The Balaban J connectivity index is 2.38. The summed E-state index contributed by atoms with van der Waals surface area (Å²) in [4.78, 5) is 0. The molecular weight excluding hydrogens is 248 g/mol. The quantitative estimate of drug-likeness (QED) is 0.534. The van der Waals surface area contributed by atoms with E-state index in [-0.39, 0.29) is 0 Å². The van der Waals surface area contributed by atoms with E-state index in [0.717, 1.165) is 42.3 Å². The molecule has 0 heterocycles. The van der Waals surface area contributed by atoms with E-state index in [1.165, 1.54) is 0 Å². The predicted molar refractivity (Wildman–Crippen MR) is 77.4 cm³/mol. The molecule has 4 heteroatoms. The average molecular weight is 269 g/mol. The molecule has 1 aromatic carbocycles. The van der Waals surface area contributed by atoms with Crippen LogP contribution >= 0.6 is 11.6 Å². The zero-order valence-electron chi connectivity index (χ0n) is 10.6. The van der Waals surface area contributed by atoms with Gasteiger partial charge in [-0.3, -0.25) is 0 Å². The molecule has 0 amide bonds. The first kappa shape index (κ1) is 15.0. The van der Waals surface area contributed by atoms with Crippen molar-refractivity contribution in [2.75, 3.05) is 26.2 Å². The molecule has 18 heavy (non-hydrogen) atoms. The Labute approximate surface area is 114 Å². The molecule has 0 atom stereocenters. The molecular formula is C14H21ClN2O. The number of benzene rings is 1. The van der Waals surface area contributed by atoms with Gasteiger partial charge in [-0.15, -0.1) is 6.58 Å². The highest BCUT2D eigenvalue weighted by Crippen LogP contribution is 2.23. The fraction of sp³-hybridized carbons (Fsp3) is 0.429. The molecule has 0 aromatic heterocycles. The van der Waals surface area contributed by atoms with Gasteiger partial charge in [0.2, 0.25) is 0 Å². The van der Waals surface area contributed by atoms with E-state index >= 15 is 0 Å². The van der Waals surface area contributed by atoms with Crippen molar-refractivity contribution < 1.29 is 4.74 Å². The zero-order valence-corrected chi connectivity index (χ0v) is 11.4. The summed E-state index contributed by atoms with van der Waals surface area (Å²) >= 11 is 5.96. The molecule has 0 unspecified atom stereocenters. The predicted octanol–water partition coefficient (Wildman–Crippen LogP) is 2.39. The van der Waals surface area contributed by atoms with E-state index in [4.69, 9.17) is 22.1 Å². The van der Waals surface area contributed by atoms with Crippen LogP contribution in [0.3, 0.4) is 0 Å². The van der Waals surface area contributed by atoms with Crippen molar-refractivity contribution in [1.29, 1.82) is 0 Å². The third-order valence-electron chi connectivity index (χ3n) is 2.46.